The van der Waals surface area contributed by atoms with Crippen molar-refractivity contribution in [1.29, 1.82) is 0 Å². The second-order valence-corrected chi connectivity index (χ2v) is 3.98. The van der Waals surface area contributed by atoms with Crippen LogP contribution in [0.3, 0.4) is 0 Å². The molecule has 0 saturated carbocycles. The highest BCUT2D eigenvalue weighted by atomic mass is 35.5. The minimum absolute atomic E-state index is 0.535. The van der Waals surface area contributed by atoms with Crippen LogP contribution in [0.1, 0.15) is 24.2 Å². The summed E-state index contributed by atoms with van der Waals surface area (Å²) in [5.41, 5.74) is 1.50. The van der Waals surface area contributed by atoms with Crippen LogP contribution in [-0.4, -0.2) is 18.3 Å². The molecule has 1 heterocycles. The maximum Gasteiger partial charge on any atom is 0.165 e. The highest BCUT2D eigenvalue weighted by Gasteiger charge is 2.21. The van der Waals surface area contributed by atoms with E-state index in [1.807, 2.05) is 6.92 Å². The molecule has 1 atom stereocenters. The van der Waals surface area contributed by atoms with E-state index in [-0.39, 0.29) is 0 Å². The van der Waals surface area contributed by atoms with Crippen molar-refractivity contribution in [3.8, 4) is 11.5 Å². The first-order chi connectivity index (χ1) is 7.11. The van der Waals surface area contributed by atoms with Crippen LogP contribution in [-0.2, 0) is 0 Å². The van der Waals surface area contributed by atoms with Gasteiger partial charge in [0.1, 0.15) is 13.2 Å². The van der Waals surface area contributed by atoms with Gasteiger partial charge in [0, 0.05) is 11.1 Å². The van der Waals surface area contributed by atoms with E-state index in [4.69, 9.17) is 21.1 Å². The van der Waals surface area contributed by atoms with Crippen molar-refractivity contribution in [1.82, 2.24) is 0 Å². The maximum atomic E-state index is 9.55. The zero-order chi connectivity index (χ0) is 11.0. The molecule has 0 saturated heterocycles. The zero-order valence-electron chi connectivity index (χ0n) is 8.71. The number of fused-ring (bicyclic) bond motifs is 1. The molecule has 1 N–H and O–H groups in total. The Balaban J connectivity index is 2.57. The van der Waals surface area contributed by atoms with E-state index in [1.165, 1.54) is 0 Å². The SMILES string of the molecule is Cc1c(Cl)c(C(C)O)cc2c1OCCO2. The molecule has 0 aromatic heterocycles. The molecule has 4 heteroatoms. The van der Waals surface area contributed by atoms with Gasteiger partial charge in [-0.1, -0.05) is 11.6 Å². The summed E-state index contributed by atoms with van der Waals surface area (Å²) in [6.07, 6.45) is -0.605. The summed E-state index contributed by atoms with van der Waals surface area (Å²) in [5, 5.41) is 10.1. The van der Waals surface area contributed by atoms with Gasteiger partial charge in [-0.05, 0) is 19.9 Å². The van der Waals surface area contributed by atoms with Crippen molar-refractivity contribution in [3.05, 3.63) is 22.2 Å². The van der Waals surface area contributed by atoms with E-state index in [9.17, 15) is 5.11 Å². The lowest BCUT2D eigenvalue weighted by molar-refractivity contribution is 0.167. The summed E-state index contributed by atoms with van der Waals surface area (Å²) in [6.45, 7) is 4.62. The molecule has 0 amide bonds. The summed E-state index contributed by atoms with van der Waals surface area (Å²) < 4.78 is 10.9. The molecule has 0 aliphatic carbocycles. The Labute approximate surface area is 93.6 Å². The number of aliphatic hydroxyl groups is 1. The number of hydrogen-bond acceptors (Lipinski definition) is 3. The molecule has 1 unspecified atom stereocenters. The summed E-state index contributed by atoms with van der Waals surface area (Å²) in [6, 6.07) is 1.74. The fourth-order valence-corrected chi connectivity index (χ4v) is 1.96. The molecule has 1 aliphatic heterocycles. The Morgan fingerprint density at radius 3 is 2.73 bits per heavy atom. The molecule has 1 aromatic rings. The lowest BCUT2D eigenvalue weighted by Gasteiger charge is -2.23. The van der Waals surface area contributed by atoms with E-state index in [1.54, 1.807) is 13.0 Å². The van der Waals surface area contributed by atoms with Crippen molar-refractivity contribution >= 4 is 11.6 Å². The third-order valence-electron chi connectivity index (χ3n) is 2.47. The summed E-state index contributed by atoms with van der Waals surface area (Å²) >= 11 is 6.13. The number of halogens is 1. The van der Waals surface area contributed by atoms with E-state index < -0.39 is 6.10 Å². The van der Waals surface area contributed by atoms with E-state index >= 15 is 0 Å². The van der Waals surface area contributed by atoms with Gasteiger partial charge in [0.05, 0.1) is 11.1 Å². The number of aliphatic hydroxyl groups excluding tert-OH is 1. The van der Waals surface area contributed by atoms with Gasteiger partial charge in [0.15, 0.2) is 11.5 Å². The molecule has 1 aliphatic rings. The van der Waals surface area contributed by atoms with Gasteiger partial charge in [-0.2, -0.15) is 0 Å². The van der Waals surface area contributed by atoms with Crippen molar-refractivity contribution in [2.75, 3.05) is 13.2 Å². The van der Waals surface area contributed by atoms with Gasteiger partial charge >= 0.3 is 0 Å². The number of ether oxygens (including phenoxy) is 2. The molecule has 2 rings (SSSR count). The first kappa shape index (κ1) is 10.6. The second kappa shape index (κ2) is 3.91. The monoisotopic (exact) mass is 228 g/mol. The molecule has 3 nitrogen and oxygen atoms in total. The van der Waals surface area contributed by atoms with Crippen molar-refractivity contribution < 1.29 is 14.6 Å². The van der Waals surface area contributed by atoms with Gasteiger partial charge < -0.3 is 14.6 Å². The van der Waals surface area contributed by atoms with Crippen molar-refractivity contribution in [2.24, 2.45) is 0 Å². The molecule has 1 aromatic carbocycles. The molecular formula is C11H13ClO3. The minimum atomic E-state index is -0.605. The van der Waals surface area contributed by atoms with Crippen LogP contribution in [0.5, 0.6) is 11.5 Å². The first-order valence-electron chi connectivity index (χ1n) is 4.88. The zero-order valence-corrected chi connectivity index (χ0v) is 9.47. The number of benzene rings is 1. The number of hydrogen-bond donors (Lipinski definition) is 1. The van der Waals surface area contributed by atoms with Crippen LogP contribution in [0.2, 0.25) is 5.02 Å². The molecule has 0 bridgehead atoms. The fourth-order valence-electron chi connectivity index (χ4n) is 1.66. The third kappa shape index (κ3) is 1.77. The Morgan fingerprint density at radius 2 is 2.07 bits per heavy atom. The Hall–Kier alpha value is -0.930. The van der Waals surface area contributed by atoms with Crippen LogP contribution in [0.15, 0.2) is 6.07 Å². The van der Waals surface area contributed by atoms with Gasteiger partial charge in [-0.25, -0.2) is 0 Å². The van der Waals surface area contributed by atoms with Gasteiger partial charge in [0.2, 0.25) is 0 Å². The molecule has 15 heavy (non-hydrogen) atoms. The molecule has 82 valence electrons. The van der Waals surface area contributed by atoms with Crippen LogP contribution >= 0.6 is 11.6 Å². The molecular weight excluding hydrogens is 216 g/mol. The normalized spacial score (nSPS) is 16.3. The predicted octanol–water partition coefficient (Wildman–Crippen LogP) is 2.47. The Kier molecular flexibility index (Phi) is 2.76. The average molecular weight is 229 g/mol. The third-order valence-corrected chi connectivity index (χ3v) is 2.97. The van der Waals surface area contributed by atoms with Gasteiger partial charge in [0.25, 0.3) is 0 Å². The number of rotatable bonds is 1. The highest BCUT2D eigenvalue weighted by Crippen LogP contribution is 2.41. The van der Waals surface area contributed by atoms with Crippen molar-refractivity contribution in [2.45, 2.75) is 20.0 Å². The summed E-state index contributed by atoms with van der Waals surface area (Å²) in [7, 11) is 0. The highest BCUT2D eigenvalue weighted by molar-refractivity contribution is 6.32. The largest absolute Gasteiger partial charge is 0.486 e. The first-order valence-corrected chi connectivity index (χ1v) is 5.25. The predicted molar refractivity (Wildman–Crippen MR) is 57.8 cm³/mol. The summed E-state index contributed by atoms with van der Waals surface area (Å²) in [5.74, 6) is 1.36. The molecule has 0 fully saturated rings. The Bertz CT molecular complexity index is 388. The second-order valence-electron chi connectivity index (χ2n) is 3.60. The minimum Gasteiger partial charge on any atom is -0.486 e. The lowest BCUT2D eigenvalue weighted by Crippen LogP contribution is -2.17. The maximum absolute atomic E-state index is 9.55. The van der Waals surface area contributed by atoms with Crippen LogP contribution < -0.4 is 9.47 Å². The molecule has 0 radical (unpaired) electrons. The lowest BCUT2D eigenvalue weighted by atomic mass is 10.1. The van der Waals surface area contributed by atoms with Gasteiger partial charge in [-0.3, -0.25) is 0 Å². The quantitative estimate of drug-likeness (QED) is 0.803. The van der Waals surface area contributed by atoms with E-state index in [0.29, 0.717) is 35.3 Å². The average Bonchev–Trinajstić information content (AvgIpc) is 2.23. The van der Waals surface area contributed by atoms with Crippen LogP contribution in [0.25, 0.3) is 0 Å². The standard InChI is InChI=1S/C11H13ClO3/c1-6-10(12)8(7(2)13)5-9-11(6)15-4-3-14-9/h5,7,13H,3-4H2,1-2H3. The summed E-state index contributed by atoms with van der Waals surface area (Å²) in [4.78, 5) is 0. The molecule has 0 spiro atoms. The fraction of sp³-hybridized carbons (Fsp3) is 0.455. The topological polar surface area (TPSA) is 38.7 Å². The van der Waals surface area contributed by atoms with Crippen LogP contribution in [0.4, 0.5) is 0 Å². The van der Waals surface area contributed by atoms with Crippen LogP contribution in [0, 0.1) is 6.92 Å². The van der Waals surface area contributed by atoms with E-state index in [2.05, 4.69) is 0 Å². The van der Waals surface area contributed by atoms with E-state index in [0.717, 1.165) is 5.56 Å². The van der Waals surface area contributed by atoms with Gasteiger partial charge in [-0.15, -0.1) is 0 Å². The Morgan fingerprint density at radius 1 is 1.40 bits per heavy atom. The smallest absolute Gasteiger partial charge is 0.165 e. The van der Waals surface area contributed by atoms with Crippen molar-refractivity contribution in [3.63, 3.8) is 0 Å².